The van der Waals surface area contributed by atoms with Gasteiger partial charge in [0, 0.05) is 6.04 Å². The monoisotopic (exact) mass is 281 g/mol. The third-order valence-corrected chi connectivity index (χ3v) is 5.21. The van der Waals surface area contributed by atoms with E-state index in [1.165, 1.54) is 77.0 Å². The lowest BCUT2D eigenvalue weighted by Crippen LogP contribution is -2.37. The van der Waals surface area contributed by atoms with Gasteiger partial charge in [0.05, 0.1) is 0 Å². The van der Waals surface area contributed by atoms with Crippen LogP contribution in [0, 0.1) is 11.8 Å². The Bertz CT molecular complexity index is 206. The van der Waals surface area contributed by atoms with Crippen molar-refractivity contribution in [3.63, 3.8) is 0 Å². The molecular formula is C19H39N. The zero-order valence-corrected chi connectivity index (χ0v) is 14.4. The van der Waals surface area contributed by atoms with Crippen molar-refractivity contribution >= 4 is 0 Å². The minimum absolute atomic E-state index is 0.808. The summed E-state index contributed by atoms with van der Waals surface area (Å²) >= 11 is 0. The first kappa shape index (κ1) is 18.0. The molecular weight excluding hydrogens is 242 g/mol. The Labute approximate surface area is 128 Å². The predicted molar refractivity (Wildman–Crippen MR) is 91.2 cm³/mol. The lowest BCUT2D eigenvalue weighted by Gasteiger charge is -2.33. The second-order valence-corrected chi connectivity index (χ2v) is 7.09. The van der Waals surface area contributed by atoms with Crippen molar-refractivity contribution in [3.05, 3.63) is 0 Å². The van der Waals surface area contributed by atoms with E-state index in [0.29, 0.717) is 0 Å². The third kappa shape index (κ3) is 7.67. The number of unbranched alkanes of at least 4 members (excludes halogenated alkanes) is 6. The van der Waals surface area contributed by atoms with Gasteiger partial charge in [0.1, 0.15) is 0 Å². The van der Waals surface area contributed by atoms with Crippen LogP contribution in [0.2, 0.25) is 0 Å². The number of nitrogens with one attached hydrogen (secondary N) is 1. The van der Waals surface area contributed by atoms with Gasteiger partial charge in [-0.25, -0.2) is 0 Å². The highest BCUT2D eigenvalue weighted by Gasteiger charge is 2.24. The van der Waals surface area contributed by atoms with E-state index in [1.807, 2.05) is 0 Å². The van der Waals surface area contributed by atoms with Crippen molar-refractivity contribution in [2.75, 3.05) is 6.54 Å². The molecule has 1 aliphatic carbocycles. The van der Waals surface area contributed by atoms with E-state index in [2.05, 4.69) is 26.1 Å². The molecule has 0 spiro atoms. The zero-order chi connectivity index (χ0) is 14.6. The summed E-state index contributed by atoms with van der Waals surface area (Å²) in [5.41, 5.74) is 0. The van der Waals surface area contributed by atoms with E-state index in [-0.39, 0.29) is 0 Å². The Morgan fingerprint density at radius 1 is 0.850 bits per heavy atom. The fourth-order valence-electron chi connectivity index (χ4n) is 3.78. The number of rotatable bonds is 11. The molecule has 120 valence electrons. The molecule has 0 bridgehead atoms. The van der Waals surface area contributed by atoms with Crippen molar-refractivity contribution in [2.24, 2.45) is 11.8 Å². The number of hydrogen-bond donors (Lipinski definition) is 1. The molecule has 1 saturated carbocycles. The quantitative estimate of drug-likeness (QED) is 0.463. The second-order valence-electron chi connectivity index (χ2n) is 7.09. The molecule has 1 aliphatic rings. The van der Waals surface area contributed by atoms with Crippen LogP contribution in [0.15, 0.2) is 0 Å². The molecule has 0 heterocycles. The molecule has 1 fully saturated rings. The summed E-state index contributed by atoms with van der Waals surface area (Å²) in [6, 6.07) is 0.808. The van der Waals surface area contributed by atoms with E-state index in [1.54, 1.807) is 0 Å². The first-order chi connectivity index (χ1) is 9.77. The molecule has 1 N–H and O–H groups in total. The van der Waals surface area contributed by atoms with E-state index in [9.17, 15) is 0 Å². The van der Waals surface area contributed by atoms with Crippen LogP contribution in [0.3, 0.4) is 0 Å². The summed E-state index contributed by atoms with van der Waals surface area (Å²) in [5.74, 6) is 1.94. The van der Waals surface area contributed by atoms with Crippen LogP contribution in [-0.2, 0) is 0 Å². The highest BCUT2D eigenvalue weighted by atomic mass is 14.9. The smallest absolute Gasteiger partial charge is 0.00952 e. The molecule has 1 atom stereocenters. The van der Waals surface area contributed by atoms with Crippen LogP contribution in [0.4, 0.5) is 0 Å². The summed E-state index contributed by atoms with van der Waals surface area (Å²) in [5, 5.41) is 3.78. The highest BCUT2D eigenvalue weighted by Crippen LogP contribution is 2.32. The molecule has 0 radical (unpaired) electrons. The van der Waals surface area contributed by atoms with Gasteiger partial charge in [-0.05, 0) is 37.6 Å². The lowest BCUT2D eigenvalue weighted by atomic mass is 9.78. The van der Waals surface area contributed by atoms with Gasteiger partial charge in [-0.1, -0.05) is 78.6 Å². The highest BCUT2D eigenvalue weighted by molar-refractivity contribution is 4.80. The van der Waals surface area contributed by atoms with Gasteiger partial charge in [-0.2, -0.15) is 0 Å². The van der Waals surface area contributed by atoms with Crippen LogP contribution in [0.5, 0.6) is 0 Å². The summed E-state index contributed by atoms with van der Waals surface area (Å²) in [4.78, 5) is 0. The fraction of sp³-hybridized carbons (Fsp3) is 1.00. The standard InChI is InChI=1S/C19H39N/c1-4-6-7-8-9-10-11-12-19(20-5-2)18-15-13-17(3)14-16-18/h17-20H,4-16H2,1-3H3. The lowest BCUT2D eigenvalue weighted by molar-refractivity contribution is 0.221. The Morgan fingerprint density at radius 2 is 1.45 bits per heavy atom. The Kier molecular flexibility index (Phi) is 10.4. The molecule has 1 rings (SSSR count). The summed E-state index contributed by atoms with van der Waals surface area (Å²) in [6.45, 7) is 8.14. The zero-order valence-electron chi connectivity index (χ0n) is 14.4. The molecule has 0 saturated heterocycles. The third-order valence-electron chi connectivity index (χ3n) is 5.21. The van der Waals surface area contributed by atoms with Crippen LogP contribution in [0.25, 0.3) is 0 Å². The molecule has 0 aromatic carbocycles. The van der Waals surface area contributed by atoms with E-state index in [4.69, 9.17) is 0 Å². The summed E-state index contributed by atoms with van der Waals surface area (Å²) in [6.07, 6.45) is 17.3. The largest absolute Gasteiger partial charge is 0.314 e. The minimum atomic E-state index is 0.808. The van der Waals surface area contributed by atoms with Crippen LogP contribution >= 0.6 is 0 Å². The van der Waals surface area contributed by atoms with Gasteiger partial charge in [-0.15, -0.1) is 0 Å². The maximum absolute atomic E-state index is 3.78. The molecule has 0 aromatic rings. The maximum atomic E-state index is 3.78. The van der Waals surface area contributed by atoms with Gasteiger partial charge >= 0.3 is 0 Å². The minimum Gasteiger partial charge on any atom is -0.314 e. The van der Waals surface area contributed by atoms with Crippen molar-refractivity contribution in [1.82, 2.24) is 5.32 Å². The molecule has 1 nitrogen and oxygen atoms in total. The summed E-state index contributed by atoms with van der Waals surface area (Å²) in [7, 11) is 0. The van der Waals surface area contributed by atoms with Crippen molar-refractivity contribution in [1.29, 1.82) is 0 Å². The van der Waals surface area contributed by atoms with Crippen LogP contribution in [0.1, 0.15) is 97.8 Å². The number of hydrogen-bond acceptors (Lipinski definition) is 1. The molecule has 20 heavy (non-hydrogen) atoms. The average molecular weight is 282 g/mol. The Morgan fingerprint density at radius 3 is 2.05 bits per heavy atom. The molecule has 0 aliphatic heterocycles. The summed E-state index contributed by atoms with van der Waals surface area (Å²) < 4.78 is 0. The Hall–Kier alpha value is -0.0400. The van der Waals surface area contributed by atoms with Gasteiger partial charge in [0.15, 0.2) is 0 Å². The topological polar surface area (TPSA) is 12.0 Å². The molecule has 1 unspecified atom stereocenters. The second kappa shape index (κ2) is 11.6. The van der Waals surface area contributed by atoms with Crippen LogP contribution < -0.4 is 5.32 Å². The average Bonchev–Trinajstić information content (AvgIpc) is 2.46. The van der Waals surface area contributed by atoms with Crippen LogP contribution in [-0.4, -0.2) is 12.6 Å². The van der Waals surface area contributed by atoms with Gasteiger partial charge in [0.25, 0.3) is 0 Å². The molecule has 1 heteroatoms. The van der Waals surface area contributed by atoms with Crippen molar-refractivity contribution < 1.29 is 0 Å². The predicted octanol–water partition coefficient (Wildman–Crippen LogP) is 5.93. The van der Waals surface area contributed by atoms with Crippen molar-refractivity contribution in [2.45, 2.75) is 104 Å². The maximum Gasteiger partial charge on any atom is 0.00952 e. The van der Waals surface area contributed by atoms with Gasteiger partial charge in [-0.3, -0.25) is 0 Å². The SMILES string of the molecule is CCCCCCCCCC(NCC)C1CCC(C)CC1. The van der Waals surface area contributed by atoms with Gasteiger partial charge in [0.2, 0.25) is 0 Å². The normalized spacial score (nSPS) is 24.8. The molecule has 0 aromatic heterocycles. The van der Waals surface area contributed by atoms with E-state index < -0.39 is 0 Å². The van der Waals surface area contributed by atoms with Crippen molar-refractivity contribution in [3.8, 4) is 0 Å². The van der Waals surface area contributed by atoms with E-state index in [0.717, 1.165) is 24.4 Å². The first-order valence-corrected chi connectivity index (χ1v) is 9.51. The Balaban J connectivity index is 2.12. The molecule has 0 amide bonds. The van der Waals surface area contributed by atoms with E-state index >= 15 is 0 Å². The first-order valence-electron chi connectivity index (χ1n) is 9.51. The van der Waals surface area contributed by atoms with Gasteiger partial charge < -0.3 is 5.32 Å². The fourth-order valence-corrected chi connectivity index (χ4v) is 3.78.